The maximum Gasteiger partial charge on any atom is 0.247 e. The molecule has 4 N–H and O–H groups in total. The van der Waals surface area contributed by atoms with Crippen LogP contribution in [0.1, 0.15) is 5.56 Å². The van der Waals surface area contributed by atoms with Crippen molar-refractivity contribution in [3.8, 4) is 17.0 Å². The van der Waals surface area contributed by atoms with Gasteiger partial charge in [0.15, 0.2) is 0 Å². The highest BCUT2D eigenvalue weighted by Gasteiger charge is 2.30. The highest BCUT2D eigenvalue weighted by molar-refractivity contribution is 6.02. The minimum Gasteiger partial charge on any atom is -0.494 e. The van der Waals surface area contributed by atoms with Crippen LogP contribution in [0.4, 0.5) is 28.6 Å². The number of amides is 1. The summed E-state index contributed by atoms with van der Waals surface area (Å²) < 4.78 is 11.1. The molecule has 0 bridgehead atoms. The highest BCUT2D eigenvalue weighted by Crippen LogP contribution is 2.39. The average Bonchev–Trinajstić information content (AvgIpc) is 2.96. The Bertz CT molecular complexity index is 1400. The molecule has 5 rings (SSSR count). The number of nitrogens with zero attached hydrogens (tertiary/aromatic N) is 4. The van der Waals surface area contributed by atoms with Crippen molar-refractivity contribution in [1.82, 2.24) is 14.9 Å². The molecular weight excluding hydrogens is 508 g/mol. The van der Waals surface area contributed by atoms with E-state index in [-0.39, 0.29) is 5.91 Å². The van der Waals surface area contributed by atoms with Gasteiger partial charge >= 0.3 is 0 Å². The summed E-state index contributed by atoms with van der Waals surface area (Å²) in [6.45, 7) is 8.69. The second kappa shape index (κ2) is 12.1. The molecular formula is C29H34N8O3. The van der Waals surface area contributed by atoms with Crippen LogP contribution in [0, 0.1) is 5.41 Å². The fourth-order valence-corrected chi connectivity index (χ4v) is 4.93. The molecule has 2 aromatic carbocycles. The van der Waals surface area contributed by atoms with Crippen LogP contribution in [0.5, 0.6) is 5.75 Å². The number of benzene rings is 2. The first-order valence-electron chi connectivity index (χ1n) is 13.2. The molecule has 2 saturated heterocycles. The quantitative estimate of drug-likeness (QED) is 0.225. The number of ether oxygens (including phenoxy) is 2. The summed E-state index contributed by atoms with van der Waals surface area (Å²) in [5.41, 5.74) is 5.37. The van der Waals surface area contributed by atoms with Crippen molar-refractivity contribution in [2.45, 2.75) is 6.04 Å². The first kappa shape index (κ1) is 27.1. The molecule has 2 aliphatic rings. The van der Waals surface area contributed by atoms with Crippen LogP contribution in [0.2, 0.25) is 0 Å². The number of piperazine rings is 1. The van der Waals surface area contributed by atoms with Gasteiger partial charge in [0, 0.05) is 68.4 Å². The third kappa shape index (κ3) is 5.75. The van der Waals surface area contributed by atoms with Crippen LogP contribution in [-0.4, -0.2) is 86.6 Å². The van der Waals surface area contributed by atoms with Crippen LogP contribution in [0.15, 0.2) is 55.4 Å². The molecule has 208 valence electrons. The van der Waals surface area contributed by atoms with Gasteiger partial charge in [-0.3, -0.25) is 9.69 Å². The molecule has 11 nitrogen and oxygen atoms in total. The molecule has 0 aliphatic carbocycles. The van der Waals surface area contributed by atoms with E-state index in [0.29, 0.717) is 34.7 Å². The van der Waals surface area contributed by atoms with E-state index in [1.165, 1.54) is 18.6 Å². The Morgan fingerprint density at radius 3 is 2.55 bits per heavy atom. The molecule has 0 spiro atoms. The summed E-state index contributed by atoms with van der Waals surface area (Å²) in [4.78, 5) is 25.9. The largest absolute Gasteiger partial charge is 0.494 e. The number of methoxy groups -OCH3 is 1. The van der Waals surface area contributed by atoms with Gasteiger partial charge < -0.3 is 35.7 Å². The molecule has 0 atom stereocenters. The van der Waals surface area contributed by atoms with Gasteiger partial charge in [-0.25, -0.2) is 9.97 Å². The Labute approximate surface area is 233 Å². The summed E-state index contributed by atoms with van der Waals surface area (Å²) in [6, 6.07) is 11.9. The number of hydrogen-bond acceptors (Lipinski definition) is 10. The van der Waals surface area contributed by atoms with Gasteiger partial charge in [-0.1, -0.05) is 12.6 Å². The highest BCUT2D eigenvalue weighted by atomic mass is 16.5. The zero-order valence-electron chi connectivity index (χ0n) is 22.7. The van der Waals surface area contributed by atoms with Crippen molar-refractivity contribution >= 4 is 40.7 Å². The smallest absolute Gasteiger partial charge is 0.247 e. The predicted molar refractivity (Wildman–Crippen MR) is 158 cm³/mol. The van der Waals surface area contributed by atoms with Gasteiger partial charge in [0.1, 0.15) is 17.9 Å². The molecule has 40 heavy (non-hydrogen) atoms. The van der Waals surface area contributed by atoms with Gasteiger partial charge in [0.25, 0.3) is 0 Å². The molecule has 0 saturated carbocycles. The first-order chi connectivity index (χ1) is 19.5. The summed E-state index contributed by atoms with van der Waals surface area (Å²) in [6.07, 6.45) is 4.05. The van der Waals surface area contributed by atoms with Crippen molar-refractivity contribution < 1.29 is 14.3 Å². The molecule has 11 heteroatoms. The van der Waals surface area contributed by atoms with Crippen LogP contribution in [-0.2, 0) is 9.53 Å². The molecule has 0 unspecified atom stereocenters. The maximum absolute atomic E-state index is 12.4. The van der Waals surface area contributed by atoms with Crippen LogP contribution in [0.25, 0.3) is 11.3 Å². The number of rotatable bonds is 10. The topological polar surface area (TPSA) is 128 Å². The Hall–Kier alpha value is -4.48. The number of aromatic nitrogens is 2. The number of nitrogens with one attached hydrogen (secondary N) is 4. The SMILES string of the molecule is C=CC(=O)Nc1cc(Nc2cc(-c3ccc(NC)c(C=N)c3)ncn2)c(OC)cc1N1CCN(C2COC2)CC1. The van der Waals surface area contributed by atoms with E-state index in [1.807, 2.05) is 43.4 Å². The van der Waals surface area contributed by atoms with Gasteiger partial charge in [0.05, 0.1) is 49.1 Å². The zero-order chi connectivity index (χ0) is 28.1. The van der Waals surface area contributed by atoms with E-state index >= 15 is 0 Å². The molecule has 3 aromatic rings. The zero-order valence-corrected chi connectivity index (χ0v) is 22.7. The van der Waals surface area contributed by atoms with E-state index < -0.39 is 0 Å². The van der Waals surface area contributed by atoms with Gasteiger partial charge in [-0.2, -0.15) is 0 Å². The molecule has 1 amide bonds. The standard InChI is InChI=1S/C29H34N8O3/c1-4-29(38)35-24-12-25(27(39-3)14-26(24)37-9-7-36(8-10-37)21-16-40-17-21)34-28-13-23(32-18-33-28)19-5-6-22(31-2)20(11-19)15-30/h4-6,11-15,18,21,30-31H,1,7-10,16-17H2,2-3H3,(H,35,38)(H,32,33,34). The van der Waals surface area contributed by atoms with E-state index in [0.717, 1.165) is 61.9 Å². The lowest BCUT2D eigenvalue weighted by atomic mass is 10.1. The molecule has 2 fully saturated rings. The second-order valence-electron chi connectivity index (χ2n) is 9.59. The van der Waals surface area contributed by atoms with Crippen molar-refractivity contribution in [3.63, 3.8) is 0 Å². The fraction of sp³-hybridized carbons (Fsp3) is 0.310. The first-order valence-corrected chi connectivity index (χ1v) is 13.2. The van der Waals surface area contributed by atoms with Crippen LogP contribution >= 0.6 is 0 Å². The Kier molecular flexibility index (Phi) is 8.23. The van der Waals surface area contributed by atoms with Gasteiger partial charge in [-0.15, -0.1) is 0 Å². The Morgan fingerprint density at radius 1 is 1.10 bits per heavy atom. The van der Waals surface area contributed by atoms with Crippen molar-refractivity contribution in [2.75, 3.05) is 74.4 Å². The normalized spacial score (nSPS) is 15.6. The summed E-state index contributed by atoms with van der Waals surface area (Å²) in [5, 5.41) is 17.1. The Morgan fingerprint density at radius 2 is 1.90 bits per heavy atom. The average molecular weight is 543 g/mol. The van der Waals surface area contributed by atoms with E-state index in [4.69, 9.17) is 14.9 Å². The maximum atomic E-state index is 12.4. The van der Waals surface area contributed by atoms with E-state index in [1.54, 1.807) is 7.11 Å². The van der Waals surface area contributed by atoms with Gasteiger partial charge in [-0.05, 0) is 24.3 Å². The third-order valence-corrected chi connectivity index (χ3v) is 7.25. The number of hydrogen-bond donors (Lipinski definition) is 4. The van der Waals surface area contributed by atoms with Crippen molar-refractivity contribution in [3.05, 3.63) is 60.9 Å². The van der Waals surface area contributed by atoms with E-state index in [9.17, 15) is 4.79 Å². The lowest BCUT2D eigenvalue weighted by Gasteiger charge is -2.43. The van der Waals surface area contributed by atoms with Crippen molar-refractivity contribution in [2.24, 2.45) is 0 Å². The lowest BCUT2D eigenvalue weighted by molar-refractivity contribution is -0.111. The molecule has 3 heterocycles. The van der Waals surface area contributed by atoms with E-state index in [2.05, 4.69) is 42.3 Å². The fourth-order valence-electron chi connectivity index (χ4n) is 4.93. The Balaban J connectivity index is 1.43. The molecule has 0 radical (unpaired) electrons. The summed E-state index contributed by atoms with van der Waals surface area (Å²) >= 11 is 0. The minimum atomic E-state index is -0.293. The molecule has 1 aromatic heterocycles. The number of anilines is 5. The van der Waals surface area contributed by atoms with Crippen molar-refractivity contribution in [1.29, 1.82) is 5.41 Å². The molecule has 2 aliphatic heterocycles. The predicted octanol–water partition coefficient (Wildman–Crippen LogP) is 3.58. The summed E-state index contributed by atoms with van der Waals surface area (Å²) in [5.74, 6) is 0.882. The minimum absolute atomic E-state index is 0.293. The monoisotopic (exact) mass is 542 g/mol. The second-order valence-corrected chi connectivity index (χ2v) is 9.59. The number of carbonyl (C=O) groups is 1. The third-order valence-electron chi connectivity index (χ3n) is 7.25. The van der Waals surface area contributed by atoms with Crippen LogP contribution in [0.3, 0.4) is 0 Å². The lowest BCUT2D eigenvalue weighted by Crippen LogP contribution is -2.56. The summed E-state index contributed by atoms with van der Waals surface area (Å²) in [7, 11) is 3.44. The van der Waals surface area contributed by atoms with Gasteiger partial charge in [0.2, 0.25) is 5.91 Å². The number of carbonyl (C=O) groups excluding carboxylic acids is 1. The van der Waals surface area contributed by atoms with Crippen LogP contribution < -0.4 is 25.6 Å².